The number of benzene rings is 2. The molecule has 0 bridgehead atoms. The van der Waals surface area contributed by atoms with Gasteiger partial charge in [0.1, 0.15) is 5.04 Å². The lowest BCUT2D eigenvalue weighted by Gasteiger charge is -2.20. The standard InChI is InChI=1S/C19H13ClN4OS/c1-11-6-2-3-7-12(11)10-14-16(21)24-19(22-17(14)25)26-18(23-24)13-8-4-5-9-15(13)20/h2-10,21H,1H3/b14-10-,21-16?. The highest BCUT2D eigenvalue weighted by Crippen LogP contribution is 2.33. The zero-order valence-electron chi connectivity index (χ0n) is 13.7. The van der Waals surface area contributed by atoms with E-state index in [1.807, 2.05) is 49.4 Å². The molecule has 5 nitrogen and oxygen atoms in total. The molecule has 4 rings (SSSR count). The zero-order valence-corrected chi connectivity index (χ0v) is 15.3. The van der Waals surface area contributed by atoms with Crippen LogP contribution in [-0.2, 0) is 4.79 Å². The van der Waals surface area contributed by atoms with Crippen molar-refractivity contribution < 1.29 is 4.79 Å². The zero-order chi connectivity index (χ0) is 18.3. The fourth-order valence-corrected chi connectivity index (χ4v) is 3.85. The van der Waals surface area contributed by atoms with Crippen LogP contribution in [0, 0.1) is 12.3 Å². The van der Waals surface area contributed by atoms with E-state index in [9.17, 15) is 4.79 Å². The van der Waals surface area contributed by atoms with E-state index in [1.165, 1.54) is 16.8 Å². The first-order chi connectivity index (χ1) is 12.5. The van der Waals surface area contributed by atoms with E-state index >= 15 is 0 Å². The molecule has 1 amide bonds. The molecule has 0 saturated heterocycles. The number of amidine groups is 2. The number of hydrazone groups is 1. The van der Waals surface area contributed by atoms with Crippen LogP contribution in [0.15, 0.2) is 64.2 Å². The molecule has 0 radical (unpaired) electrons. The van der Waals surface area contributed by atoms with Crippen LogP contribution in [0.5, 0.6) is 0 Å². The van der Waals surface area contributed by atoms with Gasteiger partial charge in [-0.15, -0.1) is 0 Å². The number of rotatable bonds is 2. The molecular formula is C19H13ClN4OS. The summed E-state index contributed by atoms with van der Waals surface area (Å²) in [4.78, 5) is 16.6. The van der Waals surface area contributed by atoms with Crippen molar-refractivity contribution in [2.75, 3.05) is 0 Å². The predicted octanol–water partition coefficient (Wildman–Crippen LogP) is 4.32. The molecule has 2 aliphatic rings. The molecule has 0 spiro atoms. The van der Waals surface area contributed by atoms with Crippen molar-refractivity contribution in [2.45, 2.75) is 6.92 Å². The number of carbonyl (C=O) groups excluding carboxylic acids is 1. The molecule has 0 aliphatic carbocycles. The summed E-state index contributed by atoms with van der Waals surface area (Å²) in [6, 6.07) is 15.0. The molecule has 2 aromatic rings. The van der Waals surface area contributed by atoms with Gasteiger partial charge >= 0.3 is 0 Å². The number of carbonyl (C=O) groups is 1. The summed E-state index contributed by atoms with van der Waals surface area (Å²) in [5.41, 5.74) is 2.86. The Morgan fingerprint density at radius 3 is 2.65 bits per heavy atom. The maximum atomic E-state index is 12.5. The minimum Gasteiger partial charge on any atom is -0.282 e. The highest BCUT2D eigenvalue weighted by molar-refractivity contribution is 8.27. The third-order valence-electron chi connectivity index (χ3n) is 4.05. The second kappa shape index (κ2) is 6.55. The Balaban J connectivity index is 1.73. The van der Waals surface area contributed by atoms with Crippen molar-refractivity contribution in [2.24, 2.45) is 10.1 Å². The van der Waals surface area contributed by atoms with E-state index in [-0.39, 0.29) is 11.4 Å². The van der Waals surface area contributed by atoms with Crippen LogP contribution >= 0.6 is 23.4 Å². The quantitative estimate of drug-likeness (QED) is 0.789. The smallest absolute Gasteiger partial charge is 0.282 e. The Kier molecular flexibility index (Phi) is 4.22. The first-order valence-corrected chi connectivity index (χ1v) is 9.05. The van der Waals surface area contributed by atoms with Gasteiger partial charge < -0.3 is 0 Å². The number of aryl methyl sites for hydroxylation is 1. The van der Waals surface area contributed by atoms with Crippen molar-refractivity contribution in [1.82, 2.24) is 5.01 Å². The first kappa shape index (κ1) is 16.8. The fourth-order valence-electron chi connectivity index (χ4n) is 2.64. The van der Waals surface area contributed by atoms with Crippen molar-refractivity contribution >= 4 is 51.4 Å². The molecular weight excluding hydrogens is 368 g/mol. The molecule has 128 valence electrons. The topological polar surface area (TPSA) is 68.9 Å². The molecule has 2 heterocycles. The molecule has 1 N–H and O–H groups in total. The number of nitrogens with zero attached hydrogens (tertiary/aromatic N) is 3. The molecule has 7 heteroatoms. The normalized spacial score (nSPS) is 18.1. The number of hydrogen-bond donors (Lipinski definition) is 1. The summed E-state index contributed by atoms with van der Waals surface area (Å²) >= 11 is 7.47. The Morgan fingerprint density at radius 2 is 1.88 bits per heavy atom. The van der Waals surface area contributed by atoms with Gasteiger partial charge in [0.15, 0.2) is 5.84 Å². The predicted molar refractivity (Wildman–Crippen MR) is 107 cm³/mol. The van der Waals surface area contributed by atoms with Gasteiger partial charge in [0.05, 0.1) is 10.6 Å². The number of nitrogens with one attached hydrogen (secondary N) is 1. The Bertz CT molecular complexity index is 1040. The van der Waals surface area contributed by atoms with Gasteiger partial charge in [-0.05, 0) is 42.0 Å². The number of amides is 1. The molecule has 0 unspecified atom stereocenters. The lowest BCUT2D eigenvalue weighted by atomic mass is 10.0. The number of hydrogen-bond acceptors (Lipinski definition) is 4. The van der Waals surface area contributed by atoms with Crippen LogP contribution in [0.3, 0.4) is 0 Å². The molecule has 0 aromatic heterocycles. The lowest BCUT2D eigenvalue weighted by molar-refractivity contribution is -0.114. The van der Waals surface area contributed by atoms with E-state index in [0.717, 1.165) is 16.7 Å². The third kappa shape index (κ3) is 2.87. The highest BCUT2D eigenvalue weighted by Gasteiger charge is 2.36. The molecule has 2 aromatic carbocycles. The highest BCUT2D eigenvalue weighted by atomic mass is 35.5. The summed E-state index contributed by atoms with van der Waals surface area (Å²) in [6.07, 6.45) is 1.69. The lowest BCUT2D eigenvalue weighted by Crippen LogP contribution is -2.35. The number of halogens is 1. The summed E-state index contributed by atoms with van der Waals surface area (Å²) in [5, 5.41) is 15.8. The van der Waals surface area contributed by atoms with Crippen molar-refractivity contribution in [3.8, 4) is 0 Å². The Morgan fingerprint density at radius 1 is 1.15 bits per heavy atom. The van der Waals surface area contributed by atoms with E-state index in [2.05, 4.69) is 10.1 Å². The molecule has 26 heavy (non-hydrogen) atoms. The summed E-state index contributed by atoms with van der Waals surface area (Å²) in [6.45, 7) is 1.96. The van der Waals surface area contributed by atoms with Crippen molar-refractivity contribution in [3.63, 3.8) is 0 Å². The van der Waals surface area contributed by atoms with E-state index < -0.39 is 5.91 Å². The van der Waals surface area contributed by atoms with Crippen molar-refractivity contribution in [1.29, 1.82) is 5.41 Å². The molecule has 0 fully saturated rings. The number of thioether (sulfide) groups is 1. The Hall–Kier alpha value is -2.70. The fraction of sp³-hybridized carbons (Fsp3) is 0.0526. The molecule has 2 aliphatic heterocycles. The second-order valence-corrected chi connectivity index (χ2v) is 7.12. The minimum atomic E-state index is -0.437. The van der Waals surface area contributed by atoms with Gasteiger partial charge in [0.25, 0.3) is 5.91 Å². The van der Waals surface area contributed by atoms with Crippen LogP contribution in [0.1, 0.15) is 16.7 Å². The van der Waals surface area contributed by atoms with Crippen molar-refractivity contribution in [3.05, 3.63) is 75.8 Å². The van der Waals surface area contributed by atoms with E-state index in [1.54, 1.807) is 12.1 Å². The Labute approximate surface area is 159 Å². The third-order valence-corrected chi connectivity index (χ3v) is 5.32. The van der Waals surface area contributed by atoms with Crippen LogP contribution in [0.2, 0.25) is 5.02 Å². The maximum absolute atomic E-state index is 12.5. The van der Waals surface area contributed by atoms with Gasteiger partial charge in [-0.2, -0.15) is 15.1 Å². The van der Waals surface area contributed by atoms with Gasteiger partial charge in [-0.3, -0.25) is 10.2 Å². The maximum Gasteiger partial charge on any atom is 0.283 e. The van der Waals surface area contributed by atoms with Crippen LogP contribution in [0.4, 0.5) is 0 Å². The summed E-state index contributed by atoms with van der Waals surface area (Å²) in [7, 11) is 0. The van der Waals surface area contributed by atoms with Gasteiger partial charge in [-0.25, -0.2) is 0 Å². The van der Waals surface area contributed by atoms with E-state index in [4.69, 9.17) is 17.0 Å². The van der Waals surface area contributed by atoms with Gasteiger partial charge in [0, 0.05) is 5.56 Å². The minimum absolute atomic E-state index is 0.0119. The van der Waals surface area contributed by atoms with Crippen LogP contribution < -0.4 is 0 Å². The largest absolute Gasteiger partial charge is 0.283 e. The van der Waals surface area contributed by atoms with Gasteiger partial charge in [0.2, 0.25) is 5.17 Å². The average Bonchev–Trinajstić information content (AvgIpc) is 3.04. The monoisotopic (exact) mass is 380 g/mol. The molecule has 0 saturated carbocycles. The van der Waals surface area contributed by atoms with Gasteiger partial charge in [-0.1, -0.05) is 54.1 Å². The number of fused-ring (bicyclic) bond motifs is 1. The summed E-state index contributed by atoms with van der Waals surface area (Å²) in [5.74, 6) is -0.426. The SMILES string of the molecule is Cc1ccccc1/C=C1/C(=N)N2N=C(c3ccccc3Cl)SC2=NC1=O. The van der Waals surface area contributed by atoms with E-state index in [0.29, 0.717) is 15.2 Å². The summed E-state index contributed by atoms with van der Waals surface area (Å²) < 4.78 is 0. The number of aliphatic imine (C=N–C) groups is 1. The van der Waals surface area contributed by atoms with Crippen LogP contribution in [0.25, 0.3) is 6.08 Å². The average molecular weight is 381 g/mol. The molecule has 0 atom stereocenters. The first-order valence-electron chi connectivity index (χ1n) is 7.85. The van der Waals surface area contributed by atoms with Crippen LogP contribution in [-0.4, -0.2) is 27.0 Å². The second-order valence-electron chi connectivity index (χ2n) is 5.76.